The maximum atomic E-state index is 3.87. The number of rotatable bonds is 4. The van der Waals surface area contributed by atoms with Crippen LogP contribution in [0.2, 0.25) is 0 Å². The number of piperazine rings is 1. The molecule has 2 unspecified atom stereocenters. The van der Waals surface area contributed by atoms with E-state index in [1.807, 2.05) is 0 Å². The summed E-state index contributed by atoms with van der Waals surface area (Å²) in [5, 5.41) is 3.87. The molecule has 3 rings (SSSR count). The highest BCUT2D eigenvalue weighted by Crippen LogP contribution is 2.42. The van der Waals surface area contributed by atoms with Gasteiger partial charge in [-0.05, 0) is 43.2 Å². The van der Waals surface area contributed by atoms with Crippen LogP contribution in [0, 0.1) is 11.8 Å². The van der Waals surface area contributed by atoms with Crippen molar-refractivity contribution in [1.82, 2.24) is 10.2 Å². The molecule has 1 aromatic carbocycles. The smallest absolute Gasteiger partial charge is 0.0309 e. The minimum absolute atomic E-state index is 0.312. The van der Waals surface area contributed by atoms with Gasteiger partial charge in [0.15, 0.2) is 0 Å². The van der Waals surface area contributed by atoms with Crippen LogP contribution in [-0.2, 0) is 6.54 Å². The van der Waals surface area contributed by atoms with E-state index < -0.39 is 0 Å². The first-order chi connectivity index (χ1) is 9.99. The average Bonchev–Trinajstić information content (AvgIpc) is 3.26. The molecule has 2 fully saturated rings. The normalized spacial score (nSPS) is 30.8. The number of halogens is 1. The monoisotopic (exact) mass is 350 g/mol. The van der Waals surface area contributed by atoms with E-state index in [0.717, 1.165) is 19.0 Å². The molecule has 1 aliphatic heterocycles. The lowest BCUT2D eigenvalue weighted by molar-refractivity contribution is 0.0461. The molecule has 1 heterocycles. The van der Waals surface area contributed by atoms with Crippen LogP contribution in [0.1, 0.15) is 39.2 Å². The summed E-state index contributed by atoms with van der Waals surface area (Å²) in [5.74, 6) is 1.57. The van der Waals surface area contributed by atoms with Crippen LogP contribution < -0.4 is 5.32 Å². The Morgan fingerprint density at radius 1 is 1.33 bits per heavy atom. The van der Waals surface area contributed by atoms with Gasteiger partial charge in [0.05, 0.1) is 0 Å². The maximum absolute atomic E-state index is 3.87. The second-order valence-corrected chi connectivity index (χ2v) is 8.23. The Morgan fingerprint density at radius 3 is 2.67 bits per heavy atom. The highest BCUT2D eigenvalue weighted by Gasteiger charge is 2.46. The van der Waals surface area contributed by atoms with E-state index in [0.29, 0.717) is 17.5 Å². The number of nitrogens with zero attached hydrogens (tertiary/aromatic N) is 1. The Kier molecular flexibility index (Phi) is 4.45. The van der Waals surface area contributed by atoms with Crippen molar-refractivity contribution in [3.8, 4) is 0 Å². The molecule has 21 heavy (non-hydrogen) atoms. The molecule has 3 heteroatoms. The largest absolute Gasteiger partial charge is 0.308 e. The van der Waals surface area contributed by atoms with Gasteiger partial charge >= 0.3 is 0 Å². The fraction of sp³-hybridized carbons (Fsp3) is 0.667. The average molecular weight is 351 g/mol. The van der Waals surface area contributed by atoms with Gasteiger partial charge in [0, 0.05) is 35.7 Å². The zero-order valence-corrected chi connectivity index (χ0v) is 15.0. The summed E-state index contributed by atoms with van der Waals surface area (Å²) < 4.78 is 1.24. The van der Waals surface area contributed by atoms with Crippen molar-refractivity contribution in [2.45, 2.75) is 51.7 Å². The van der Waals surface area contributed by atoms with Gasteiger partial charge < -0.3 is 5.32 Å². The molecule has 1 N–H and O–H groups in total. The summed E-state index contributed by atoms with van der Waals surface area (Å²) >= 11 is 3.71. The lowest BCUT2D eigenvalue weighted by Gasteiger charge is -2.48. The number of nitrogens with one attached hydrogen (secondary N) is 1. The fourth-order valence-electron chi connectivity index (χ4n) is 3.73. The van der Waals surface area contributed by atoms with Gasteiger partial charge in [-0.3, -0.25) is 4.90 Å². The zero-order valence-electron chi connectivity index (χ0n) is 13.4. The molecule has 0 spiro atoms. The molecule has 116 valence electrons. The van der Waals surface area contributed by atoms with Crippen LogP contribution in [0.3, 0.4) is 0 Å². The van der Waals surface area contributed by atoms with E-state index in [-0.39, 0.29) is 0 Å². The van der Waals surface area contributed by atoms with Crippen LogP contribution in [0.4, 0.5) is 0 Å². The van der Waals surface area contributed by atoms with Gasteiger partial charge in [-0.2, -0.15) is 0 Å². The predicted molar refractivity (Wildman–Crippen MR) is 92.3 cm³/mol. The van der Waals surface area contributed by atoms with E-state index in [9.17, 15) is 0 Å². The summed E-state index contributed by atoms with van der Waals surface area (Å²) in [5.41, 5.74) is 1.72. The van der Waals surface area contributed by atoms with Crippen LogP contribution >= 0.6 is 15.9 Å². The summed E-state index contributed by atoms with van der Waals surface area (Å²) in [6, 6.07) is 9.27. The zero-order chi connectivity index (χ0) is 15.0. The molecule has 0 bridgehead atoms. The van der Waals surface area contributed by atoms with Crippen molar-refractivity contribution in [2.75, 3.05) is 13.1 Å². The van der Waals surface area contributed by atoms with Crippen LogP contribution in [-0.4, -0.2) is 29.6 Å². The summed E-state index contributed by atoms with van der Waals surface area (Å²) in [6.07, 6.45) is 2.80. The molecule has 1 saturated heterocycles. The Labute approximate surface area is 137 Å². The van der Waals surface area contributed by atoms with E-state index >= 15 is 0 Å². The van der Waals surface area contributed by atoms with Gasteiger partial charge in [-0.25, -0.2) is 0 Å². The summed E-state index contributed by atoms with van der Waals surface area (Å²) in [7, 11) is 0. The van der Waals surface area contributed by atoms with Gasteiger partial charge in [0.25, 0.3) is 0 Å². The standard InChI is InChI=1S/C18H27BrN2/c1-13(2)17-10-20-18(3,15-8-9-15)12-21(17)11-14-6-4-5-7-16(14)19/h4-7,13,15,17,20H,8-12H2,1-3H3. The molecular formula is C18H27BrN2. The molecular weight excluding hydrogens is 324 g/mol. The first-order valence-corrected chi connectivity index (χ1v) is 9.01. The van der Waals surface area contributed by atoms with Crippen LogP contribution in [0.25, 0.3) is 0 Å². The SMILES string of the molecule is CC(C)C1CNC(C)(C2CC2)CN1Cc1ccccc1Br. The summed E-state index contributed by atoms with van der Waals surface area (Å²) in [4.78, 5) is 2.71. The number of benzene rings is 1. The van der Waals surface area contributed by atoms with E-state index in [1.165, 1.54) is 29.4 Å². The van der Waals surface area contributed by atoms with Crippen molar-refractivity contribution < 1.29 is 0 Å². The lowest BCUT2D eigenvalue weighted by atomic mass is 9.88. The van der Waals surface area contributed by atoms with Gasteiger partial charge in [-0.15, -0.1) is 0 Å². The third-order valence-corrected chi connectivity index (χ3v) is 6.07. The van der Waals surface area contributed by atoms with Crippen LogP contribution in [0.15, 0.2) is 28.7 Å². The van der Waals surface area contributed by atoms with Gasteiger partial charge in [0.1, 0.15) is 0 Å². The summed E-state index contributed by atoms with van der Waals surface area (Å²) in [6.45, 7) is 10.5. The first-order valence-electron chi connectivity index (χ1n) is 8.22. The van der Waals surface area contributed by atoms with Crippen molar-refractivity contribution in [3.63, 3.8) is 0 Å². The molecule has 1 aromatic rings. The molecule has 2 nitrogen and oxygen atoms in total. The predicted octanol–water partition coefficient (Wildman–Crippen LogP) is 4.05. The molecule has 0 aromatic heterocycles. The van der Waals surface area contributed by atoms with Crippen molar-refractivity contribution in [3.05, 3.63) is 34.3 Å². The second-order valence-electron chi connectivity index (χ2n) is 7.38. The number of hydrogen-bond donors (Lipinski definition) is 1. The van der Waals surface area contributed by atoms with Crippen LogP contribution in [0.5, 0.6) is 0 Å². The Balaban J connectivity index is 1.79. The highest BCUT2D eigenvalue weighted by molar-refractivity contribution is 9.10. The van der Waals surface area contributed by atoms with Crippen molar-refractivity contribution >= 4 is 15.9 Å². The van der Waals surface area contributed by atoms with Crippen molar-refractivity contribution in [2.24, 2.45) is 11.8 Å². The Morgan fingerprint density at radius 2 is 2.05 bits per heavy atom. The minimum Gasteiger partial charge on any atom is -0.308 e. The Bertz CT molecular complexity index is 498. The molecule has 2 aliphatic rings. The highest BCUT2D eigenvalue weighted by atomic mass is 79.9. The molecule has 1 aliphatic carbocycles. The topological polar surface area (TPSA) is 15.3 Å². The van der Waals surface area contributed by atoms with E-state index in [1.54, 1.807) is 0 Å². The first kappa shape index (κ1) is 15.5. The molecule has 2 atom stereocenters. The second kappa shape index (κ2) is 6.02. The fourth-order valence-corrected chi connectivity index (χ4v) is 4.14. The Hall–Kier alpha value is -0.380. The lowest BCUT2D eigenvalue weighted by Crippen LogP contribution is -2.64. The van der Waals surface area contributed by atoms with Crippen molar-refractivity contribution in [1.29, 1.82) is 0 Å². The molecule has 0 amide bonds. The van der Waals surface area contributed by atoms with E-state index in [4.69, 9.17) is 0 Å². The maximum Gasteiger partial charge on any atom is 0.0309 e. The number of hydrogen-bond acceptors (Lipinski definition) is 2. The minimum atomic E-state index is 0.312. The van der Waals surface area contributed by atoms with Gasteiger partial charge in [-0.1, -0.05) is 48.0 Å². The van der Waals surface area contributed by atoms with E-state index in [2.05, 4.69) is 71.2 Å². The third kappa shape index (κ3) is 3.35. The third-order valence-electron chi connectivity index (χ3n) is 5.29. The quantitative estimate of drug-likeness (QED) is 0.881. The van der Waals surface area contributed by atoms with Gasteiger partial charge in [0.2, 0.25) is 0 Å². The molecule has 0 radical (unpaired) electrons. The molecule has 1 saturated carbocycles.